The van der Waals surface area contributed by atoms with Gasteiger partial charge in [-0.3, -0.25) is 9.88 Å². The number of piperazine rings is 1. The number of nitrogens with zero attached hydrogens (tertiary/aromatic N) is 2. The molecule has 1 aromatic carbocycles. The lowest BCUT2D eigenvalue weighted by atomic mass is 10.1. The third-order valence-corrected chi connectivity index (χ3v) is 3.96. The largest absolute Gasteiger partial charge is 0.455 e. The van der Waals surface area contributed by atoms with Crippen LogP contribution in [0.25, 0.3) is 0 Å². The first-order valence-corrected chi connectivity index (χ1v) is 7.84. The van der Waals surface area contributed by atoms with E-state index in [1.807, 2.05) is 12.1 Å². The minimum absolute atomic E-state index is 0.572. The van der Waals surface area contributed by atoms with Crippen LogP contribution in [-0.2, 0) is 6.54 Å². The predicted molar refractivity (Wildman–Crippen MR) is 88.2 cm³/mol. The number of pyridine rings is 1. The Bertz CT molecular complexity index is 615. The molecule has 0 radical (unpaired) electrons. The van der Waals surface area contributed by atoms with Gasteiger partial charge in [-0.05, 0) is 43.2 Å². The quantitative estimate of drug-likeness (QED) is 0.941. The molecule has 0 spiro atoms. The van der Waals surface area contributed by atoms with Crippen molar-refractivity contribution < 1.29 is 4.74 Å². The van der Waals surface area contributed by atoms with Gasteiger partial charge in [-0.2, -0.15) is 0 Å². The van der Waals surface area contributed by atoms with Crippen molar-refractivity contribution in [3.8, 4) is 11.5 Å². The molecule has 4 heteroatoms. The van der Waals surface area contributed by atoms with Gasteiger partial charge in [0.15, 0.2) is 0 Å². The molecule has 116 valence electrons. The van der Waals surface area contributed by atoms with Gasteiger partial charge >= 0.3 is 0 Å². The van der Waals surface area contributed by atoms with E-state index in [1.165, 1.54) is 5.56 Å². The summed E-state index contributed by atoms with van der Waals surface area (Å²) in [7, 11) is 0. The van der Waals surface area contributed by atoms with Crippen LogP contribution in [0.1, 0.15) is 18.1 Å². The Hall–Kier alpha value is -1.91. The van der Waals surface area contributed by atoms with Crippen LogP contribution in [-0.4, -0.2) is 35.6 Å². The molecular formula is C18H23N3O. The van der Waals surface area contributed by atoms with Gasteiger partial charge in [0.1, 0.15) is 11.5 Å². The number of hydrogen-bond donors (Lipinski definition) is 1. The van der Waals surface area contributed by atoms with Crippen LogP contribution in [0.2, 0.25) is 0 Å². The number of nitrogens with one attached hydrogen (secondary N) is 1. The van der Waals surface area contributed by atoms with Gasteiger partial charge in [0.25, 0.3) is 0 Å². The van der Waals surface area contributed by atoms with Crippen LogP contribution in [0, 0.1) is 6.92 Å². The monoisotopic (exact) mass is 297 g/mol. The number of ether oxygens (including phenoxy) is 1. The SMILES string of the molecule is Cc1cc(CN2CCN[C@H](C)C2)ccc1Oc1cccnc1. The van der Waals surface area contributed by atoms with Crippen LogP contribution < -0.4 is 10.1 Å². The highest BCUT2D eigenvalue weighted by Crippen LogP contribution is 2.25. The minimum Gasteiger partial charge on any atom is -0.455 e. The molecule has 1 aliphatic rings. The normalized spacial score (nSPS) is 19.1. The Morgan fingerprint density at radius 3 is 3.00 bits per heavy atom. The van der Waals surface area contributed by atoms with Crippen molar-refractivity contribution in [3.05, 3.63) is 53.9 Å². The molecule has 1 saturated heterocycles. The first-order valence-electron chi connectivity index (χ1n) is 7.84. The highest BCUT2D eigenvalue weighted by Gasteiger charge is 2.15. The van der Waals surface area contributed by atoms with Crippen LogP contribution in [0.4, 0.5) is 0 Å². The second-order valence-corrected chi connectivity index (χ2v) is 5.98. The Morgan fingerprint density at radius 2 is 2.27 bits per heavy atom. The molecule has 1 aromatic heterocycles. The number of aromatic nitrogens is 1. The second-order valence-electron chi connectivity index (χ2n) is 5.98. The highest BCUT2D eigenvalue weighted by atomic mass is 16.5. The van der Waals surface area contributed by atoms with E-state index in [2.05, 4.69) is 47.2 Å². The lowest BCUT2D eigenvalue weighted by Gasteiger charge is -2.31. The van der Waals surface area contributed by atoms with Gasteiger partial charge in [0, 0.05) is 38.4 Å². The molecule has 3 rings (SSSR count). The highest BCUT2D eigenvalue weighted by molar-refractivity contribution is 5.39. The standard InChI is InChI=1S/C18H23N3O/c1-14-10-16(13-21-9-8-20-15(2)12-21)5-6-18(14)22-17-4-3-7-19-11-17/h3-7,10-11,15,20H,8-9,12-13H2,1-2H3/t15-/m1/s1. The van der Waals surface area contributed by atoms with Crippen molar-refractivity contribution in [3.63, 3.8) is 0 Å². The summed E-state index contributed by atoms with van der Waals surface area (Å²) >= 11 is 0. The van der Waals surface area contributed by atoms with Gasteiger partial charge in [0.2, 0.25) is 0 Å². The molecule has 4 nitrogen and oxygen atoms in total. The molecule has 2 heterocycles. The Morgan fingerprint density at radius 1 is 1.36 bits per heavy atom. The molecule has 0 unspecified atom stereocenters. The minimum atomic E-state index is 0.572. The first-order chi connectivity index (χ1) is 10.7. The van der Waals surface area contributed by atoms with Gasteiger partial charge < -0.3 is 10.1 Å². The predicted octanol–water partition coefficient (Wildman–Crippen LogP) is 2.98. The lowest BCUT2D eigenvalue weighted by molar-refractivity contribution is 0.199. The van der Waals surface area contributed by atoms with E-state index in [0.29, 0.717) is 6.04 Å². The van der Waals surface area contributed by atoms with E-state index in [-0.39, 0.29) is 0 Å². The Labute approximate surface area is 132 Å². The molecular weight excluding hydrogens is 274 g/mol. The maximum absolute atomic E-state index is 5.89. The molecule has 2 aromatic rings. The summed E-state index contributed by atoms with van der Waals surface area (Å²) in [6.07, 6.45) is 3.48. The topological polar surface area (TPSA) is 37.4 Å². The maximum atomic E-state index is 5.89. The zero-order valence-corrected chi connectivity index (χ0v) is 13.2. The molecule has 1 N–H and O–H groups in total. The molecule has 1 atom stereocenters. The van der Waals surface area contributed by atoms with E-state index in [1.54, 1.807) is 12.4 Å². The summed E-state index contributed by atoms with van der Waals surface area (Å²) in [4.78, 5) is 6.57. The van der Waals surface area contributed by atoms with Gasteiger partial charge in [-0.25, -0.2) is 0 Å². The van der Waals surface area contributed by atoms with Crippen molar-refractivity contribution in [1.29, 1.82) is 0 Å². The molecule has 0 aliphatic carbocycles. The molecule has 1 aliphatic heterocycles. The van der Waals surface area contributed by atoms with Crippen molar-refractivity contribution >= 4 is 0 Å². The molecule has 0 amide bonds. The first kappa shape index (κ1) is 15.0. The smallest absolute Gasteiger partial charge is 0.145 e. The Kier molecular flexibility index (Phi) is 4.71. The van der Waals surface area contributed by atoms with E-state index in [4.69, 9.17) is 4.74 Å². The van der Waals surface area contributed by atoms with Crippen LogP contribution >= 0.6 is 0 Å². The third-order valence-electron chi connectivity index (χ3n) is 3.96. The number of hydrogen-bond acceptors (Lipinski definition) is 4. The van der Waals surface area contributed by atoms with Crippen molar-refractivity contribution in [1.82, 2.24) is 15.2 Å². The van der Waals surface area contributed by atoms with Gasteiger partial charge in [0.05, 0.1) is 6.20 Å². The van der Waals surface area contributed by atoms with Crippen molar-refractivity contribution in [2.45, 2.75) is 26.4 Å². The van der Waals surface area contributed by atoms with Gasteiger partial charge in [-0.15, -0.1) is 0 Å². The fraction of sp³-hybridized carbons (Fsp3) is 0.389. The zero-order valence-electron chi connectivity index (χ0n) is 13.2. The molecule has 0 bridgehead atoms. The van der Waals surface area contributed by atoms with E-state index in [0.717, 1.165) is 43.2 Å². The summed E-state index contributed by atoms with van der Waals surface area (Å²) in [6.45, 7) is 8.62. The second kappa shape index (κ2) is 6.90. The summed E-state index contributed by atoms with van der Waals surface area (Å²) in [5.41, 5.74) is 2.50. The lowest BCUT2D eigenvalue weighted by Crippen LogP contribution is -2.48. The number of rotatable bonds is 4. The van der Waals surface area contributed by atoms with Crippen LogP contribution in [0.5, 0.6) is 11.5 Å². The average Bonchev–Trinajstić information content (AvgIpc) is 2.51. The number of aryl methyl sites for hydroxylation is 1. The average molecular weight is 297 g/mol. The fourth-order valence-electron chi connectivity index (χ4n) is 2.87. The van der Waals surface area contributed by atoms with E-state index in [9.17, 15) is 0 Å². The zero-order chi connectivity index (χ0) is 15.4. The van der Waals surface area contributed by atoms with Gasteiger partial charge in [-0.1, -0.05) is 12.1 Å². The third kappa shape index (κ3) is 3.84. The van der Waals surface area contributed by atoms with Crippen LogP contribution in [0.15, 0.2) is 42.7 Å². The van der Waals surface area contributed by atoms with Crippen molar-refractivity contribution in [2.24, 2.45) is 0 Å². The fourth-order valence-corrected chi connectivity index (χ4v) is 2.87. The van der Waals surface area contributed by atoms with E-state index < -0.39 is 0 Å². The summed E-state index contributed by atoms with van der Waals surface area (Å²) < 4.78 is 5.89. The van der Waals surface area contributed by atoms with Crippen LogP contribution in [0.3, 0.4) is 0 Å². The Balaban J connectivity index is 1.66. The summed E-state index contributed by atoms with van der Waals surface area (Å²) in [5.74, 6) is 1.67. The number of benzene rings is 1. The molecule has 22 heavy (non-hydrogen) atoms. The van der Waals surface area contributed by atoms with E-state index >= 15 is 0 Å². The summed E-state index contributed by atoms with van der Waals surface area (Å²) in [5, 5.41) is 3.48. The maximum Gasteiger partial charge on any atom is 0.145 e. The summed E-state index contributed by atoms with van der Waals surface area (Å²) in [6, 6.07) is 10.8. The molecule has 1 fully saturated rings. The van der Waals surface area contributed by atoms with Crippen molar-refractivity contribution in [2.75, 3.05) is 19.6 Å². The molecule has 0 saturated carbocycles.